The van der Waals surface area contributed by atoms with Gasteiger partial charge in [-0.05, 0) is 42.5 Å². The van der Waals surface area contributed by atoms with Crippen LogP contribution >= 0.6 is 11.6 Å². The Hall–Kier alpha value is -2.73. The quantitative estimate of drug-likeness (QED) is 0.790. The van der Waals surface area contributed by atoms with E-state index in [0.717, 1.165) is 5.75 Å². The van der Waals surface area contributed by atoms with Crippen LogP contribution in [0.4, 0.5) is 0 Å². The van der Waals surface area contributed by atoms with E-state index in [-0.39, 0.29) is 18.4 Å². The van der Waals surface area contributed by atoms with Gasteiger partial charge in [-0.2, -0.15) is 0 Å². The number of rotatable bonds is 5. The van der Waals surface area contributed by atoms with Gasteiger partial charge >= 0.3 is 0 Å². The van der Waals surface area contributed by atoms with Gasteiger partial charge in [0.15, 0.2) is 6.61 Å². The minimum absolute atomic E-state index is 0.0332. The molecule has 0 aromatic heterocycles. The Labute approximate surface area is 163 Å². The second kappa shape index (κ2) is 8.77. The van der Waals surface area contributed by atoms with Crippen LogP contribution in [0.15, 0.2) is 48.5 Å². The molecule has 1 saturated heterocycles. The molecule has 1 aliphatic rings. The lowest BCUT2D eigenvalue weighted by atomic mass is 10.2. The molecule has 0 N–H and O–H groups in total. The first-order valence-electron chi connectivity index (χ1n) is 8.66. The van der Waals surface area contributed by atoms with E-state index < -0.39 is 0 Å². The molecule has 0 saturated carbocycles. The molecule has 0 spiro atoms. The number of benzene rings is 2. The minimum Gasteiger partial charge on any atom is -0.497 e. The molecular weight excluding hydrogens is 368 g/mol. The van der Waals surface area contributed by atoms with Crippen LogP contribution in [0.3, 0.4) is 0 Å². The van der Waals surface area contributed by atoms with Crippen LogP contribution in [-0.4, -0.2) is 61.5 Å². The second-order valence-electron chi connectivity index (χ2n) is 6.15. The number of hydrogen-bond donors (Lipinski definition) is 0. The Balaban J connectivity index is 1.48. The molecule has 1 heterocycles. The van der Waals surface area contributed by atoms with E-state index in [9.17, 15) is 9.59 Å². The maximum Gasteiger partial charge on any atom is 0.260 e. The highest BCUT2D eigenvalue weighted by Gasteiger charge is 2.25. The molecular formula is C20H21ClN2O4. The van der Waals surface area contributed by atoms with E-state index in [0.29, 0.717) is 42.5 Å². The van der Waals surface area contributed by atoms with Gasteiger partial charge in [0.05, 0.1) is 7.11 Å². The fourth-order valence-electron chi connectivity index (χ4n) is 2.87. The molecule has 0 atom stereocenters. The lowest BCUT2D eigenvalue weighted by Crippen LogP contribution is -2.51. The molecule has 0 aliphatic carbocycles. The number of amides is 2. The molecule has 2 aromatic rings. The lowest BCUT2D eigenvalue weighted by Gasteiger charge is -2.34. The number of halogens is 1. The Morgan fingerprint density at radius 1 is 0.963 bits per heavy atom. The number of methoxy groups -OCH3 is 1. The molecule has 0 unspecified atom stereocenters. The van der Waals surface area contributed by atoms with Crippen molar-refractivity contribution < 1.29 is 19.1 Å². The second-order valence-corrected chi connectivity index (χ2v) is 6.58. The highest BCUT2D eigenvalue weighted by molar-refractivity contribution is 6.30. The predicted octanol–water partition coefficient (Wildman–Crippen LogP) is 2.71. The first-order chi connectivity index (χ1) is 13.1. The van der Waals surface area contributed by atoms with Crippen LogP contribution in [0.2, 0.25) is 5.02 Å². The van der Waals surface area contributed by atoms with Gasteiger partial charge in [0.2, 0.25) is 0 Å². The summed E-state index contributed by atoms with van der Waals surface area (Å²) < 4.78 is 10.6. The molecule has 3 rings (SSSR count). The highest BCUT2D eigenvalue weighted by atomic mass is 35.5. The Morgan fingerprint density at radius 2 is 1.59 bits per heavy atom. The lowest BCUT2D eigenvalue weighted by molar-refractivity contribution is -0.134. The summed E-state index contributed by atoms with van der Waals surface area (Å²) in [6.07, 6.45) is 0. The standard InChI is InChI=1S/C20H21ClN2O4/c1-26-17-5-7-18(8-6-17)27-14-19(24)22-9-11-23(12-10-22)20(25)15-3-2-4-16(21)13-15/h2-8,13H,9-12,14H2,1H3. The van der Waals surface area contributed by atoms with Crippen molar-refractivity contribution >= 4 is 23.4 Å². The fourth-order valence-corrected chi connectivity index (χ4v) is 3.06. The predicted molar refractivity (Wildman–Crippen MR) is 102 cm³/mol. The number of nitrogens with zero attached hydrogens (tertiary/aromatic N) is 2. The number of piperazine rings is 1. The van der Waals surface area contributed by atoms with Crippen molar-refractivity contribution in [3.05, 3.63) is 59.1 Å². The van der Waals surface area contributed by atoms with Gasteiger partial charge in [-0.3, -0.25) is 9.59 Å². The van der Waals surface area contributed by atoms with Gasteiger partial charge in [0, 0.05) is 36.8 Å². The van der Waals surface area contributed by atoms with Gasteiger partial charge in [0.25, 0.3) is 11.8 Å². The van der Waals surface area contributed by atoms with Crippen LogP contribution in [0.1, 0.15) is 10.4 Å². The van der Waals surface area contributed by atoms with E-state index in [2.05, 4.69) is 0 Å². The number of carbonyl (C=O) groups excluding carboxylic acids is 2. The zero-order valence-corrected chi connectivity index (χ0v) is 15.8. The molecule has 7 heteroatoms. The monoisotopic (exact) mass is 388 g/mol. The normalized spacial score (nSPS) is 14.0. The summed E-state index contributed by atoms with van der Waals surface area (Å²) >= 11 is 5.95. The molecule has 27 heavy (non-hydrogen) atoms. The Kier molecular flexibility index (Phi) is 6.19. The van der Waals surface area contributed by atoms with Crippen molar-refractivity contribution in [1.29, 1.82) is 0 Å². The van der Waals surface area contributed by atoms with E-state index in [4.69, 9.17) is 21.1 Å². The summed E-state index contributed by atoms with van der Waals surface area (Å²) in [5.74, 6) is 1.17. The molecule has 2 amide bonds. The zero-order valence-electron chi connectivity index (χ0n) is 15.1. The third-order valence-electron chi connectivity index (χ3n) is 4.41. The van der Waals surface area contributed by atoms with Crippen molar-refractivity contribution in [2.45, 2.75) is 0 Å². The number of ether oxygens (including phenoxy) is 2. The molecule has 1 fully saturated rings. The third-order valence-corrected chi connectivity index (χ3v) is 4.65. The minimum atomic E-state index is -0.0966. The SMILES string of the molecule is COc1ccc(OCC(=O)N2CCN(C(=O)c3cccc(Cl)c3)CC2)cc1. The summed E-state index contributed by atoms with van der Waals surface area (Å²) in [5.41, 5.74) is 0.560. The van der Waals surface area contributed by atoms with Crippen molar-refractivity contribution in [3.63, 3.8) is 0 Å². The average Bonchev–Trinajstić information content (AvgIpc) is 2.72. The van der Waals surface area contributed by atoms with Gasteiger partial charge in [-0.1, -0.05) is 17.7 Å². The van der Waals surface area contributed by atoms with E-state index in [1.165, 1.54) is 0 Å². The van der Waals surface area contributed by atoms with Crippen LogP contribution in [0.25, 0.3) is 0 Å². The number of carbonyl (C=O) groups is 2. The highest BCUT2D eigenvalue weighted by Crippen LogP contribution is 2.17. The molecule has 1 aliphatic heterocycles. The van der Waals surface area contributed by atoms with Crippen molar-refractivity contribution in [2.24, 2.45) is 0 Å². The van der Waals surface area contributed by atoms with E-state index >= 15 is 0 Å². The first-order valence-corrected chi connectivity index (χ1v) is 9.04. The van der Waals surface area contributed by atoms with Gasteiger partial charge in [-0.25, -0.2) is 0 Å². The van der Waals surface area contributed by atoms with Crippen molar-refractivity contribution in [3.8, 4) is 11.5 Å². The van der Waals surface area contributed by atoms with Crippen molar-refractivity contribution in [1.82, 2.24) is 9.80 Å². The van der Waals surface area contributed by atoms with E-state index in [1.54, 1.807) is 65.4 Å². The molecule has 2 aromatic carbocycles. The van der Waals surface area contributed by atoms with Crippen LogP contribution < -0.4 is 9.47 Å². The average molecular weight is 389 g/mol. The topological polar surface area (TPSA) is 59.1 Å². The summed E-state index contributed by atoms with van der Waals surface area (Å²) in [5, 5.41) is 0.533. The van der Waals surface area contributed by atoms with Crippen LogP contribution in [0.5, 0.6) is 11.5 Å². The number of hydrogen-bond acceptors (Lipinski definition) is 4. The Morgan fingerprint density at radius 3 is 2.22 bits per heavy atom. The van der Waals surface area contributed by atoms with Crippen LogP contribution in [-0.2, 0) is 4.79 Å². The Bertz CT molecular complexity index is 802. The maximum atomic E-state index is 12.5. The first kappa shape index (κ1) is 19.0. The molecule has 142 valence electrons. The van der Waals surface area contributed by atoms with E-state index in [1.807, 2.05) is 0 Å². The van der Waals surface area contributed by atoms with Crippen LogP contribution in [0, 0.1) is 0 Å². The molecule has 6 nitrogen and oxygen atoms in total. The zero-order chi connectivity index (χ0) is 19.2. The molecule has 0 bridgehead atoms. The van der Waals surface area contributed by atoms with Crippen molar-refractivity contribution in [2.75, 3.05) is 39.9 Å². The summed E-state index contributed by atoms with van der Waals surface area (Å²) in [7, 11) is 1.59. The van der Waals surface area contributed by atoms with Gasteiger partial charge in [-0.15, -0.1) is 0 Å². The van der Waals surface area contributed by atoms with Gasteiger partial charge < -0.3 is 19.3 Å². The summed E-state index contributed by atoms with van der Waals surface area (Å²) in [4.78, 5) is 28.3. The smallest absolute Gasteiger partial charge is 0.260 e. The summed E-state index contributed by atoms with van der Waals surface area (Å²) in [6.45, 7) is 1.90. The largest absolute Gasteiger partial charge is 0.497 e. The third kappa shape index (κ3) is 4.92. The summed E-state index contributed by atoms with van der Waals surface area (Å²) in [6, 6.07) is 14.0. The fraction of sp³-hybridized carbons (Fsp3) is 0.300. The van der Waals surface area contributed by atoms with Gasteiger partial charge in [0.1, 0.15) is 11.5 Å². The molecule has 0 radical (unpaired) electrons. The maximum absolute atomic E-state index is 12.5.